The van der Waals surface area contributed by atoms with Gasteiger partial charge in [-0.15, -0.1) is 0 Å². The molecule has 0 fully saturated rings. The van der Waals surface area contributed by atoms with Crippen molar-refractivity contribution in [2.75, 3.05) is 0 Å². The maximum atomic E-state index is 5.72. The van der Waals surface area contributed by atoms with Gasteiger partial charge in [0.05, 0.1) is 18.3 Å². The maximum Gasteiger partial charge on any atom is 0.166 e. The van der Waals surface area contributed by atoms with Crippen LogP contribution in [-0.2, 0) is 6.54 Å². The molecular formula is C12H14N6. The standard InChI is InChI=1S/C12H14N6/c1-9(13)12-14-8-18(16-12)7-10-6-17-5-3-2-4-11(17)15-10/h2-6,8-9H,7,13H2,1H3. The van der Waals surface area contributed by atoms with Crippen LogP contribution < -0.4 is 5.73 Å². The molecule has 2 N–H and O–H groups in total. The van der Waals surface area contributed by atoms with Crippen LogP contribution in [0, 0.1) is 0 Å². The Labute approximate surface area is 104 Å². The maximum absolute atomic E-state index is 5.72. The van der Waals surface area contributed by atoms with Gasteiger partial charge in [0.2, 0.25) is 0 Å². The van der Waals surface area contributed by atoms with Gasteiger partial charge in [-0.25, -0.2) is 14.6 Å². The van der Waals surface area contributed by atoms with Crippen LogP contribution in [0.15, 0.2) is 36.9 Å². The molecule has 0 amide bonds. The summed E-state index contributed by atoms with van der Waals surface area (Å²) in [4.78, 5) is 8.66. The topological polar surface area (TPSA) is 74.0 Å². The van der Waals surface area contributed by atoms with Gasteiger partial charge in [-0.05, 0) is 19.1 Å². The molecule has 1 unspecified atom stereocenters. The highest BCUT2D eigenvalue weighted by atomic mass is 15.3. The van der Waals surface area contributed by atoms with Crippen LogP contribution in [0.3, 0.4) is 0 Å². The van der Waals surface area contributed by atoms with Crippen LogP contribution in [0.1, 0.15) is 24.5 Å². The number of imidazole rings is 1. The molecular weight excluding hydrogens is 228 g/mol. The van der Waals surface area contributed by atoms with Crippen molar-refractivity contribution in [2.24, 2.45) is 5.73 Å². The van der Waals surface area contributed by atoms with Crippen molar-refractivity contribution in [3.05, 3.63) is 48.4 Å². The number of nitrogens with two attached hydrogens (primary N) is 1. The zero-order valence-electron chi connectivity index (χ0n) is 10.1. The molecule has 3 heterocycles. The van der Waals surface area contributed by atoms with Gasteiger partial charge in [0.15, 0.2) is 5.82 Å². The second-order valence-electron chi connectivity index (χ2n) is 4.29. The van der Waals surface area contributed by atoms with Crippen LogP contribution in [0.2, 0.25) is 0 Å². The molecule has 1 atom stereocenters. The smallest absolute Gasteiger partial charge is 0.166 e. The minimum absolute atomic E-state index is 0.146. The quantitative estimate of drug-likeness (QED) is 0.743. The van der Waals surface area contributed by atoms with Crippen molar-refractivity contribution < 1.29 is 0 Å². The van der Waals surface area contributed by atoms with E-state index in [1.807, 2.05) is 41.9 Å². The molecule has 0 bridgehead atoms. The van der Waals surface area contributed by atoms with E-state index in [0.717, 1.165) is 11.3 Å². The van der Waals surface area contributed by atoms with Crippen LogP contribution in [0.5, 0.6) is 0 Å². The Morgan fingerprint density at radius 1 is 1.39 bits per heavy atom. The Morgan fingerprint density at radius 3 is 3.00 bits per heavy atom. The highest BCUT2D eigenvalue weighted by molar-refractivity contribution is 5.39. The van der Waals surface area contributed by atoms with E-state index >= 15 is 0 Å². The van der Waals surface area contributed by atoms with Gasteiger partial charge in [-0.2, -0.15) is 5.10 Å². The molecule has 3 aromatic heterocycles. The second kappa shape index (κ2) is 4.23. The molecule has 18 heavy (non-hydrogen) atoms. The first-order chi connectivity index (χ1) is 8.72. The lowest BCUT2D eigenvalue weighted by Gasteiger charge is -1.97. The Hall–Kier alpha value is -2.21. The third kappa shape index (κ3) is 1.98. The van der Waals surface area contributed by atoms with Gasteiger partial charge in [-0.1, -0.05) is 6.07 Å². The fourth-order valence-electron chi connectivity index (χ4n) is 1.82. The molecule has 0 aromatic carbocycles. The molecule has 0 aliphatic heterocycles. The number of hydrogen-bond donors (Lipinski definition) is 1. The summed E-state index contributed by atoms with van der Waals surface area (Å²) >= 11 is 0. The normalized spacial score (nSPS) is 13.0. The molecule has 3 aromatic rings. The Kier molecular flexibility index (Phi) is 2.56. The third-order valence-electron chi connectivity index (χ3n) is 2.70. The molecule has 6 heteroatoms. The zero-order chi connectivity index (χ0) is 12.5. The highest BCUT2D eigenvalue weighted by Crippen LogP contribution is 2.07. The summed E-state index contributed by atoms with van der Waals surface area (Å²) in [5, 5.41) is 4.31. The third-order valence-corrected chi connectivity index (χ3v) is 2.70. The summed E-state index contributed by atoms with van der Waals surface area (Å²) in [5.74, 6) is 0.652. The zero-order valence-corrected chi connectivity index (χ0v) is 10.1. The van der Waals surface area contributed by atoms with Crippen molar-refractivity contribution in [1.82, 2.24) is 24.1 Å². The number of nitrogens with zero attached hydrogens (tertiary/aromatic N) is 5. The Morgan fingerprint density at radius 2 is 2.28 bits per heavy atom. The van der Waals surface area contributed by atoms with Crippen molar-refractivity contribution in [3.63, 3.8) is 0 Å². The minimum atomic E-state index is -0.146. The molecule has 0 radical (unpaired) electrons. The van der Waals surface area contributed by atoms with Crippen molar-refractivity contribution in [3.8, 4) is 0 Å². The van der Waals surface area contributed by atoms with E-state index in [4.69, 9.17) is 5.73 Å². The molecule has 6 nitrogen and oxygen atoms in total. The van der Waals surface area contributed by atoms with Crippen molar-refractivity contribution in [2.45, 2.75) is 19.5 Å². The predicted molar refractivity (Wildman–Crippen MR) is 66.9 cm³/mol. The fourth-order valence-corrected chi connectivity index (χ4v) is 1.82. The van der Waals surface area contributed by atoms with Gasteiger partial charge in [0, 0.05) is 12.4 Å². The molecule has 0 aliphatic rings. The first kappa shape index (κ1) is 10.9. The van der Waals surface area contributed by atoms with Crippen LogP contribution >= 0.6 is 0 Å². The van der Waals surface area contributed by atoms with Crippen molar-refractivity contribution >= 4 is 5.65 Å². The molecule has 3 rings (SSSR count). The van der Waals surface area contributed by atoms with E-state index in [2.05, 4.69) is 15.1 Å². The Bertz CT molecular complexity index is 633. The highest BCUT2D eigenvalue weighted by Gasteiger charge is 2.07. The van der Waals surface area contributed by atoms with E-state index in [-0.39, 0.29) is 6.04 Å². The molecule has 0 spiro atoms. The predicted octanol–water partition coefficient (Wildman–Crippen LogP) is 0.994. The minimum Gasteiger partial charge on any atom is -0.321 e. The SMILES string of the molecule is CC(N)c1ncn(Cc2cn3ccccc3n2)n1. The molecule has 92 valence electrons. The van der Waals surface area contributed by atoms with E-state index in [1.165, 1.54) is 0 Å². The largest absolute Gasteiger partial charge is 0.321 e. The summed E-state index contributed by atoms with van der Waals surface area (Å²) in [5.41, 5.74) is 7.60. The lowest BCUT2D eigenvalue weighted by Crippen LogP contribution is -2.08. The van der Waals surface area contributed by atoms with E-state index in [9.17, 15) is 0 Å². The van der Waals surface area contributed by atoms with E-state index in [0.29, 0.717) is 12.4 Å². The van der Waals surface area contributed by atoms with Crippen LogP contribution in [0.4, 0.5) is 0 Å². The Balaban J connectivity index is 1.86. The summed E-state index contributed by atoms with van der Waals surface area (Å²) in [6.07, 6.45) is 5.64. The van der Waals surface area contributed by atoms with Crippen molar-refractivity contribution in [1.29, 1.82) is 0 Å². The van der Waals surface area contributed by atoms with Crippen LogP contribution in [-0.4, -0.2) is 24.1 Å². The monoisotopic (exact) mass is 242 g/mol. The molecule has 0 saturated carbocycles. The lowest BCUT2D eigenvalue weighted by atomic mass is 10.3. The molecule has 0 saturated heterocycles. The number of rotatable bonds is 3. The number of fused-ring (bicyclic) bond motifs is 1. The summed E-state index contributed by atoms with van der Waals surface area (Å²) < 4.78 is 3.74. The first-order valence-corrected chi connectivity index (χ1v) is 5.80. The summed E-state index contributed by atoms with van der Waals surface area (Å²) in [6.45, 7) is 2.46. The van der Waals surface area contributed by atoms with Gasteiger partial charge in [0.1, 0.15) is 12.0 Å². The number of pyridine rings is 1. The first-order valence-electron chi connectivity index (χ1n) is 5.80. The number of hydrogen-bond acceptors (Lipinski definition) is 4. The average molecular weight is 242 g/mol. The van der Waals surface area contributed by atoms with Gasteiger partial charge >= 0.3 is 0 Å². The lowest BCUT2D eigenvalue weighted by molar-refractivity contribution is 0.642. The second-order valence-corrected chi connectivity index (χ2v) is 4.29. The van der Waals surface area contributed by atoms with E-state index < -0.39 is 0 Å². The number of aromatic nitrogens is 5. The van der Waals surface area contributed by atoms with Gasteiger partial charge in [0.25, 0.3) is 0 Å². The van der Waals surface area contributed by atoms with Gasteiger partial charge in [-0.3, -0.25) is 0 Å². The molecule has 0 aliphatic carbocycles. The van der Waals surface area contributed by atoms with Gasteiger partial charge < -0.3 is 10.1 Å². The van der Waals surface area contributed by atoms with Crippen LogP contribution in [0.25, 0.3) is 5.65 Å². The van der Waals surface area contributed by atoms with E-state index in [1.54, 1.807) is 11.0 Å². The summed E-state index contributed by atoms with van der Waals surface area (Å²) in [7, 11) is 0. The average Bonchev–Trinajstić information content (AvgIpc) is 2.94. The summed E-state index contributed by atoms with van der Waals surface area (Å²) in [6, 6.07) is 5.77. The fraction of sp³-hybridized carbons (Fsp3) is 0.250.